The van der Waals surface area contributed by atoms with Crippen molar-refractivity contribution in [2.45, 2.75) is 49.7 Å². The summed E-state index contributed by atoms with van der Waals surface area (Å²) in [6.07, 6.45) is 4.64. The first-order valence-corrected chi connectivity index (χ1v) is 8.76. The van der Waals surface area contributed by atoms with E-state index >= 15 is 0 Å². The van der Waals surface area contributed by atoms with Crippen LogP contribution in [0.1, 0.15) is 38.2 Å². The van der Waals surface area contributed by atoms with Gasteiger partial charge in [0.1, 0.15) is 5.82 Å². The third-order valence-electron chi connectivity index (χ3n) is 3.57. The quantitative estimate of drug-likeness (QED) is 0.850. The lowest BCUT2D eigenvalue weighted by atomic mass is 10.2. The highest BCUT2D eigenvalue weighted by molar-refractivity contribution is 9.10. The molecule has 1 amide bonds. The highest BCUT2D eigenvalue weighted by atomic mass is 79.9. The number of thioether (sulfide) groups is 1. The van der Waals surface area contributed by atoms with Gasteiger partial charge in [-0.25, -0.2) is 4.39 Å². The molecule has 1 fully saturated rings. The van der Waals surface area contributed by atoms with Crippen molar-refractivity contribution in [3.63, 3.8) is 0 Å². The van der Waals surface area contributed by atoms with Gasteiger partial charge in [-0.1, -0.05) is 34.8 Å². The van der Waals surface area contributed by atoms with Gasteiger partial charge in [0, 0.05) is 16.3 Å². The van der Waals surface area contributed by atoms with E-state index in [0.29, 0.717) is 11.8 Å². The van der Waals surface area contributed by atoms with Crippen molar-refractivity contribution < 1.29 is 9.18 Å². The largest absolute Gasteiger partial charge is 0.352 e. The summed E-state index contributed by atoms with van der Waals surface area (Å²) in [6, 6.07) is 5.03. The number of carbonyl (C=O) groups excluding carboxylic acids is 1. The van der Waals surface area contributed by atoms with Crippen LogP contribution in [0.25, 0.3) is 0 Å². The maximum atomic E-state index is 13.0. The molecule has 1 N–H and O–H groups in total. The minimum atomic E-state index is -0.252. The van der Waals surface area contributed by atoms with E-state index < -0.39 is 0 Å². The Morgan fingerprint density at radius 3 is 2.85 bits per heavy atom. The number of hydrogen-bond acceptors (Lipinski definition) is 2. The number of hydrogen-bond donors (Lipinski definition) is 1. The van der Waals surface area contributed by atoms with E-state index in [9.17, 15) is 9.18 Å². The van der Waals surface area contributed by atoms with E-state index in [1.165, 1.54) is 25.0 Å². The molecule has 1 aromatic rings. The van der Waals surface area contributed by atoms with E-state index in [0.717, 1.165) is 22.9 Å². The number of benzene rings is 1. The fourth-order valence-corrected chi connectivity index (χ4v) is 3.90. The molecule has 20 heavy (non-hydrogen) atoms. The monoisotopic (exact) mass is 359 g/mol. The number of halogens is 2. The second-order valence-electron chi connectivity index (χ2n) is 5.18. The topological polar surface area (TPSA) is 29.1 Å². The van der Waals surface area contributed by atoms with Crippen molar-refractivity contribution in [2.75, 3.05) is 0 Å². The van der Waals surface area contributed by atoms with Crippen LogP contribution in [0.2, 0.25) is 0 Å². The average molecular weight is 360 g/mol. The summed E-state index contributed by atoms with van der Waals surface area (Å²) in [5.41, 5.74) is 1.01. The molecule has 0 aliphatic heterocycles. The molecule has 1 unspecified atom stereocenters. The van der Waals surface area contributed by atoms with Gasteiger partial charge in [-0.2, -0.15) is 0 Å². The Balaban J connectivity index is 1.81. The third-order valence-corrected chi connectivity index (χ3v) is 5.50. The zero-order valence-corrected chi connectivity index (χ0v) is 13.9. The predicted molar refractivity (Wildman–Crippen MR) is 85.3 cm³/mol. The molecular weight excluding hydrogens is 341 g/mol. The molecule has 0 aromatic heterocycles. The van der Waals surface area contributed by atoms with E-state index in [1.54, 1.807) is 17.8 Å². The first kappa shape index (κ1) is 15.8. The van der Waals surface area contributed by atoms with Crippen molar-refractivity contribution in [1.82, 2.24) is 5.32 Å². The zero-order chi connectivity index (χ0) is 14.5. The summed E-state index contributed by atoms with van der Waals surface area (Å²) in [5, 5.41) is 3.02. The first-order chi connectivity index (χ1) is 9.56. The minimum Gasteiger partial charge on any atom is -0.352 e. The number of nitrogens with one attached hydrogen (secondary N) is 1. The van der Waals surface area contributed by atoms with Crippen LogP contribution in [0, 0.1) is 5.82 Å². The van der Waals surface area contributed by atoms with E-state index in [1.807, 2.05) is 6.92 Å². The summed E-state index contributed by atoms with van der Waals surface area (Å²) in [5.74, 6) is 0.554. The predicted octanol–water partition coefficient (Wildman–Crippen LogP) is 4.27. The third kappa shape index (κ3) is 4.48. The molecule has 1 aliphatic carbocycles. The van der Waals surface area contributed by atoms with Gasteiger partial charge in [-0.15, -0.1) is 11.8 Å². The van der Waals surface area contributed by atoms with Gasteiger partial charge in [0.15, 0.2) is 0 Å². The van der Waals surface area contributed by atoms with Crippen LogP contribution < -0.4 is 5.32 Å². The zero-order valence-electron chi connectivity index (χ0n) is 11.5. The first-order valence-electron chi connectivity index (χ1n) is 6.92. The van der Waals surface area contributed by atoms with Gasteiger partial charge in [0.25, 0.3) is 0 Å². The molecule has 0 radical (unpaired) electrons. The van der Waals surface area contributed by atoms with E-state index in [4.69, 9.17) is 0 Å². The molecule has 0 heterocycles. The maximum absolute atomic E-state index is 13.0. The summed E-state index contributed by atoms with van der Waals surface area (Å²) < 4.78 is 13.8. The lowest BCUT2D eigenvalue weighted by Gasteiger charge is -2.16. The molecule has 0 spiro atoms. The SMILES string of the molecule is CC(SCc1ccc(F)cc1Br)C(=O)NC1CCCC1. The number of amides is 1. The number of rotatable bonds is 5. The smallest absolute Gasteiger partial charge is 0.233 e. The molecule has 110 valence electrons. The Hall–Kier alpha value is -0.550. The fraction of sp³-hybridized carbons (Fsp3) is 0.533. The molecule has 0 bridgehead atoms. The van der Waals surface area contributed by atoms with E-state index in [-0.39, 0.29) is 17.0 Å². The minimum absolute atomic E-state index is 0.0902. The standard InChI is InChI=1S/C15H19BrFNOS/c1-10(15(19)18-13-4-2-3-5-13)20-9-11-6-7-12(17)8-14(11)16/h6-8,10,13H,2-5,9H2,1H3,(H,18,19). The van der Waals surface area contributed by atoms with Gasteiger partial charge >= 0.3 is 0 Å². The Bertz CT molecular complexity index is 477. The van der Waals surface area contributed by atoms with Gasteiger partial charge in [-0.05, 0) is 37.5 Å². The van der Waals surface area contributed by atoms with Crippen molar-refractivity contribution >= 4 is 33.6 Å². The fourth-order valence-electron chi connectivity index (χ4n) is 2.32. The lowest BCUT2D eigenvalue weighted by molar-refractivity contribution is -0.120. The summed E-state index contributed by atoms with van der Waals surface area (Å²) >= 11 is 4.93. The molecule has 1 saturated carbocycles. The maximum Gasteiger partial charge on any atom is 0.233 e. The normalized spacial score (nSPS) is 17.1. The van der Waals surface area contributed by atoms with Gasteiger partial charge in [-0.3, -0.25) is 4.79 Å². The highest BCUT2D eigenvalue weighted by Crippen LogP contribution is 2.25. The molecule has 2 rings (SSSR count). The Kier molecular flexibility index (Phi) is 5.90. The average Bonchev–Trinajstić information content (AvgIpc) is 2.90. The van der Waals surface area contributed by atoms with Crippen LogP contribution in [-0.4, -0.2) is 17.2 Å². The lowest BCUT2D eigenvalue weighted by Crippen LogP contribution is -2.37. The van der Waals surface area contributed by atoms with Crippen LogP contribution in [-0.2, 0) is 10.5 Å². The highest BCUT2D eigenvalue weighted by Gasteiger charge is 2.20. The number of carbonyl (C=O) groups is 1. The Labute approximate surface area is 132 Å². The van der Waals surface area contributed by atoms with Crippen LogP contribution in [0.5, 0.6) is 0 Å². The summed E-state index contributed by atoms with van der Waals surface area (Å²) in [7, 11) is 0. The Morgan fingerprint density at radius 1 is 1.50 bits per heavy atom. The Morgan fingerprint density at radius 2 is 2.20 bits per heavy atom. The van der Waals surface area contributed by atoms with Crippen LogP contribution in [0.4, 0.5) is 4.39 Å². The summed E-state index contributed by atoms with van der Waals surface area (Å²) in [4.78, 5) is 12.1. The molecule has 5 heteroatoms. The molecule has 1 aliphatic rings. The van der Waals surface area contributed by atoms with Crippen LogP contribution in [0.3, 0.4) is 0 Å². The molecule has 1 aromatic carbocycles. The van der Waals surface area contributed by atoms with Gasteiger partial charge in [0.2, 0.25) is 5.91 Å². The van der Waals surface area contributed by atoms with E-state index in [2.05, 4.69) is 21.2 Å². The van der Waals surface area contributed by atoms with Crippen molar-refractivity contribution in [3.8, 4) is 0 Å². The molecule has 0 saturated heterocycles. The molecule has 2 nitrogen and oxygen atoms in total. The summed E-state index contributed by atoms with van der Waals surface area (Å²) in [6.45, 7) is 1.92. The molecular formula is C15H19BrFNOS. The van der Waals surface area contributed by atoms with Crippen LogP contribution >= 0.6 is 27.7 Å². The second kappa shape index (κ2) is 7.46. The van der Waals surface area contributed by atoms with Crippen molar-refractivity contribution in [1.29, 1.82) is 0 Å². The van der Waals surface area contributed by atoms with Crippen molar-refractivity contribution in [3.05, 3.63) is 34.1 Å². The molecule has 1 atom stereocenters. The van der Waals surface area contributed by atoms with Crippen LogP contribution in [0.15, 0.2) is 22.7 Å². The second-order valence-corrected chi connectivity index (χ2v) is 7.36. The van der Waals surface area contributed by atoms with Gasteiger partial charge < -0.3 is 5.32 Å². The van der Waals surface area contributed by atoms with Crippen molar-refractivity contribution in [2.24, 2.45) is 0 Å². The van der Waals surface area contributed by atoms with Gasteiger partial charge in [0.05, 0.1) is 5.25 Å².